The van der Waals surface area contributed by atoms with Crippen molar-refractivity contribution in [1.29, 1.82) is 0 Å². The second-order valence-electron chi connectivity index (χ2n) is 8.67. The fourth-order valence-electron chi connectivity index (χ4n) is 4.86. The first-order chi connectivity index (χ1) is 12.1. The Labute approximate surface area is 154 Å². The molecule has 3 rings (SSSR count). The van der Waals surface area contributed by atoms with Crippen LogP contribution in [0.4, 0.5) is 0 Å². The summed E-state index contributed by atoms with van der Waals surface area (Å²) in [4.78, 5) is 2.35. The number of fused-ring (bicyclic) bond motifs is 1. The summed E-state index contributed by atoms with van der Waals surface area (Å²) >= 11 is 0. The molecule has 2 heteroatoms. The van der Waals surface area contributed by atoms with Crippen molar-refractivity contribution < 1.29 is 0 Å². The first-order valence-corrected chi connectivity index (χ1v) is 10.3. The Bertz CT molecular complexity index is 582. The SMILES string of the molecule is C=C(NCC1(CN(C)C)CCCC1)c1ccc2c(c1)CCCCCC2. The number of aryl methyl sites for hydroxylation is 2. The predicted molar refractivity (Wildman–Crippen MR) is 109 cm³/mol. The highest BCUT2D eigenvalue weighted by atomic mass is 15.1. The van der Waals surface area contributed by atoms with Crippen LogP contribution in [0.15, 0.2) is 24.8 Å². The van der Waals surface area contributed by atoms with Gasteiger partial charge in [0.25, 0.3) is 0 Å². The lowest BCUT2D eigenvalue weighted by Crippen LogP contribution is -2.39. The number of rotatable bonds is 6. The molecule has 2 nitrogen and oxygen atoms in total. The van der Waals surface area contributed by atoms with Crippen LogP contribution in [0, 0.1) is 5.41 Å². The second kappa shape index (κ2) is 8.40. The third-order valence-corrected chi connectivity index (χ3v) is 6.19. The van der Waals surface area contributed by atoms with E-state index in [2.05, 4.69) is 49.1 Å². The van der Waals surface area contributed by atoms with Crippen molar-refractivity contribution in [3.05, 3.63) is 41.5 Å². The van der Waals surface area contributed by atoms with Crippen molar-refractivity contribution in [2.45, 2.75) is 64.2 Å². The van der Waals surface area contributed by atoms with Gasteiger partial charge in [-0.1, -0.05) is 44.4 Å². The van der Waals surface area contributed by atoms with Crippen molar-refractivity contribution in [2.75, 3.05) is 27.2 Å². The van der Waals surface area contributed by atoms with Crippen LogP contribution < -0.4 is 5.32 Å². The van der Waals surface area contributed by atoms with Gasteiger partial charge in [0.15, 0.2) is 0 Å². The number of hydrogen-bond acceptors (Lipinski definition) is 2. The first-order valence-electron chi connectivity index (χ1n) is 10.3. The standard InChI is InChI=1S/C23H36N2/c1-19(24-17-23(18-25(2)3)14-8-9-15-23)21-13-12-20-10-6-4-5-7-11-22(20)16-21/h12-13,16,24H,1,4-11,14-15,17-18H2,2-3H3. The zero-order valence-electron chi connectivity index (χ0n) is 16.4. The lowest BCUT2D eigenvalue weighted by Gasteiger charge is -2.33. The molecule has 0 amide bonds. The lowest BCUT2D eigenvalue weighted by atomic mass is 9.85. The molecule has 0 aromatic heterocycles. The maximum Gasteiger partial charge on any atom is 0.0341 e. The molecular weight excluding hydrogens is 304 g/mol. The average Bonchev–Trinajstić information content (AvgIpc) is 3.01. The minimum atomic E-state index is 0.427. The number of nitrogens with zero attached hydrogens (tertiary/aromatic N) is 1. The van der Waals surface area contributed by atoms with Gasteiger partial charge in [-0.3, -0.25) is 0 Å². The van der Waals surface area contributed by atoms with Gasteiger partial charge in [0.1, 0.15) is 0 Å². The summed E-state index contributed by atoms with van der Waals surface area (Å²) in [5.74, 6) is 0. The van der Waals surface area contributed by atoms with Gasteiger partial charge < -0.3 is 10.2 Å². The Morgan fingerprint density at radius 1 is 1.00 bits per heavy atom. The summed E-state index contributed by atoms with van der Waals surface area (Å²) in [5.41, 5.74) is 5.95. The van der Waals surface area contributed by atoms with Crippen LogP contribution in [0.25, 0.3) is 5.70 Å². The molecule has 1 aromatic rings. The smallest absolute Gasteiger partial charge is 0.0341 e. The first kappa shape index (κ1) is 18.5. The fraction of sp³-hybridized carbons (Fsp3) is 0.652. The highest BCUT2D eigenvalue weighted by molar-refractivity contribution is 5.63. The molecule has 0 unspecified atom stereocenters. The van der Waals surface area contributed by atoms with Gasteiger partial charge in [0.2, 0.25) is 0 Å². The van der Waals surface area contributed by atoms with Crippen LogP contribution in [-0.4, -0.2) is 32.1 Å². The third-order valence-electron chi connectivity index (χ3n) is 6.19. The molecule has 2 aliphatic carbocycles. The van der Waals surface area contributed by atoms with Crippen molar-refractivity contribution in [2.24, 2.45) is 5.41 Å². The average molecular weight is 341 g/mol. The molecule has 0 heterocycles. The molecule has 0 aliphatic heterocycles. The van der Waals surface area contributed by atoms with Crippen molar-refractivity contribution in [3.8, 4) is 0 Å². The van der Waals surface area contributed by atoms with Crippen molar-refractivity contribution in [3.63, 3.8) is 0 Å². The Morgan fingerprint density at radius 3 is 2.36 bits per heavy atom. The molecule has 1 saturated carbocycles. The van der Waals surface area contributed by atoms with Crippen LogP contribution in [0.5, 0.6) is 0 Å². The number of nitrogens with one attached hydrogen (secondary N) is 1. The fourth-order valence-corrected chi connectivity index (χ4v) is 4.86. The van der Waals surface area contributed by atoms with E-state index in [0.717, 1.165) is 12.2 Å². The zero-order valence-corrected chi connectivity index (χ0v) is 16.4. The molecular formula is C23H36N2. The van der Waals surface area contributed by atoms with Crippen LogP contribution in [-0.2, 0) is 12.8 Å². The summed E-state index contributed by atoms with van der Waals surface area (Å²) in [6.07, 6.45) is 13.4. The summed E-state index contributed by atoms with van der Waals surface area (Å²) in [6.45, 7) is 6.60. The number of hydrogen-bond donors (Lipinski definition) is 1. The highest BCUT2D eigenvalue weighted by Gasteiger charge is 2.34. The van der Waals surface area contributed by atoms with Gasteiger partial charge in [-0.2, -0.15) is 0 Å². The molecule has 138 valence electrons. The van der Waals surface area contributed by atoms with Crippen LogP contribution in [0.2, 0.25) is 0 Å². The monoisotopic (exact) mass is 340 g/mol. The van der Waals surface area contributed by atoms with E-state index in [1.807, 2.05) is 0 Å². The van der Waals surface area contributed by atoms with Gasteiger partial charge in [-0.15, -0.1) is 0 Å². The van der Waals surface area contributed by atoms with E-state index in [0.29, 0.717) is 5.41 Å². The van der Waals surface area contributed by atoms with Crippen LogP contribution >= 0.6 is 0 Å². The summed E-state index contributed by atoms with van der Waals surface area (Å²) in [5, 5.41) is 3.70. The van der Waals surface area contributed by atoms with Gasteiger partial charge in [0, 0.05) is 24.2 Å². The molecule has 1 aromatic carbocycles. The van der Waals surface area contributed by atoms with E-state index >= 15 is 0 Å². The van der Waals surface area contributed by atoms with E-state index < -0.39 is 0 Å². The topological polar surface area (TPSA) is 15.3 Å². The minimum Gasteiger partial charge on any atom is -0.384 e. The van der Waals surface area contributed by atoms with Gasteiger partial charge in [0.05, 0.1) is 0 Å². The Morgan fingerprint density at radius 2 is 1.68 bits per heavy atom. The molecule has 1 fully saturated rings. The molecule has 0 saturated heterocycles. The van der Waals surface area contributed by atoms with Crippen molar-refractivity contribution in [1.82, 2.24) is 10.2 Å². The van der Waals surface area contributed by atoms with E-state index in [1.54, 1.807) is 11.1 Å². The summed E-state index contributed by atoms with van der Waals surface area (Å²) in [6, 6.07) is 7.04. The summed E-state index contributed by atoms with van der Waals surface area (Å²) < 4.78 is 0. The van der Waals surface area contributed by atoms with Crippen LogP contribution in [0.3, 0.4) is 0 Å². The second-order valence-corrected chi connectivity index (χ2v) is 8.67. The molecule has 2 aliphatic rings. The highest BCUT2D eigenvalue weighted by Crippen LogP contribution is 2.38. The quantitative estimate of drug-likeness (QED) is 0.781. The van der Waals surface area contributed by atoms with Crippen molar-refractivity contribution >= 4 is 5.70 Å². The lowest BCUT2D eigenvalue weighted by molar-refractivity contribution is 0.202. The zero-order chi connectivity index (χ0) is 17.7. The van der Waals surface area contributed by atoms with Gasteiger partial charge in [-0.25, -0.2) is 0 Å². The van der Waals surface area contributed by atoms with E-state index in [1.165, 1.54) is 76.3 Å². The van der Waals surface area contributed by atoms with E-state index in [-0.39, 0.29) is 0 Å². The van der Waals surface area contributed by atoms with E-state index in [4.69, 9.17) is 0 Å². The maximum absolute atomic E-state index is 4.36. The van der Waals surface area contributed by atoms with E-state index in [9.17, 15) is 0 Å². The minimum absolute atomic E-state index is 0.427. The Kier molecular flexibility index (Phi) is 6.22. The largest absolute Gasteiger partial charge is 0.384 e. The van der Waals surface area contributed by atoms with Crippen LogP contribution in [0.1, 0.15) is 68.1 Å². The molecule has 0 atom stereocenters. The molecule has 0 radical (unpaired) electrons. The molecule has 0 spiro atoms. The molecule has 0 bridgehead atoms. The Balaban J connectivity index is 1.65. The molecule has 1 N–H and O–H groups in total. The predicted octanol–water partition coefficient (Wildman–Crippen LogP) is 5.03. The Hall–Kier alpha value is -1.28. The van der Waals surface area contributed by atoms with Gasteiger partial charge in [-0.05, 0) is 75.4 Å². The number of benzene rings is 1. The maximum atomic E-state index is 4.36. The normalized spacial score (nSPS) is 20.0. The van der Waals surface area contributed by atoms with Gasteiger partial charge >= 0.3 is 0 Å². The summed E-state index contributed by atoms with van der Waals surface area (Å²) in [7, 11) is 4.40. The third kappa shape index (κ3) is 4.88. The molecule has 25 heavy (non-hydrogen) atoms.